The molecule has 1 aromatic carbocycles. The predicted molar refractivity (Wildman–Crippen MR) is 57.9 cm³/mol. The fourth-order valence-corrected chi connectivity index (χ4v) is 1.72. The Hall–Kier alpha value is -0.990. The van der Waals surface area contributed by atoms with Crippen molar-refractivity contribution in [3.63, 3.8) is 0 Å². The molecule has 72 valence electrons. The minimum Gasteiger partial charge on any atom is -0.348 e. The normalized spacial score (nSPS) is 10.4. The molecule has 0 fully saturated rings. The number of hydrogen-bond donors (Lipinski definition) is 1. The number of aromatic nitrogens is 2. The number of H-pyrrole nitrogens is 1. The van der Waals surface area contributed by atoms with Crippen LogP contribution in [0.3, 0.4) is 0 Å². The third-order valence-electron chi connectivity index (χ3n) is 1.93. The number of nitrogens with zero attached hydrogens (tertiary/aromatic N) is 1. The van der Waals surface area contributed by atoms with Crippen molar-refractivity contribution in [2.75, 3.05) is 0 Å². The van der Waals surface area contributed by atoms with E-state index in [1.807, 2.05) is 12.1 Å². The molecule has 0 bridgehead atoms. The third-order valence-corrected chi connectivity index (χ3v) is 2.51. The molecule has 0 unspecified atom stereocenters. The van der Waals surface area contributed by atoms with Crippen LogP contribution in [0.4, 0.5) is 0 Å². The zero-order chi connectivity index (χ0) is 9.97. The van der Waals surface area contributed by atoms with Crippen molar-refractivity contribution in [3.05, 3.63) is 52.0 Å². The molecular formula is C10H8Cl2N2. The standard InChI is InChI=1S/C10H8Cl2N2/c11-8-2-1-7(9(12)6-8)5-10-13-3-4-14-10/h1-4,6H,5H2,(H,13,14). The van der Waals surface area contributed by atoms with Gasteiger partial charge in [-0.15, -0.1) is 0 Å². The first-order valence-electron chi connectivity index (χ1n) is 4.18. The molecule has 1 N–H and O–H groups in total. The second-order valence-corrected chi connectivity index (χ2v) is 3.79. The molecule has 0 saturated carbocycles. The quantitative estimate of drug-likeness (QED) is 0.837. The molecule has 1 aromatic heterocycles. The lowest BCUT2D eigenvalue weighted by Gasteiger charge is -2.01. The van der Waals surface area contributed by atoms with Crippen molar-refractivity contribution < 1.29 is 0 Å². The van der Waals surface area contributed by atoms with Gasteiger partial charge in [-0.2, -0.15) is 0 Å². The molecule has 2 rings (SSSR count). The third kappa shape index (κ3) is 2.08. The van der Waals surface area contributed by atoms with Gasteiger partial charge < -0.3 is 4.98 Å². The summed E-state index contributed by atoms with van der Waals surface area (Å²) in [5.74, 6) is 0.897. The van der Waals surface area contributed by atoms with Gasteiger partial charge >= 0.3 is 0 Å². The molecule has 0 aliphatic rings. The number of imidazole rings is 1. The lowest BCUT2D eigenvalue weighted by Crippen LogP contribution is -1.91. The topological polar surface area (TPSA) is 28.7 Å². The Morgan fingerprint density at radius 3 is 2.79 bits per heavy atom. The smallest absolute Gasteiger partial charge is 0.110 e. The Kier molecular flexibility index (Phi) is 2.75. The minimum absolute atomic E-state index is 0.651. The Labute approximate surface area is 91.9 Å². The fraction of sp³-hybridized carbons (Fsp3) is 0.100. The highest BCUT2D eigenvalue weighted by Crippen LogP contribution is 2.22. The van der Waals surface area contributed by atoms with E-state index in [0.29, 0.717) is 16.5 Å². The van der Waals surface area contributed by atoms with Crippen molar-refractivity contribution in [2.24, 2.45) is 0 Å². The van der Waals surface area contributed by atoms with Crippen LogP contribution < -0.4 is 0 Å². The van der Waals surface area contributed by atoms with Crippen LogP contribution in [0.1, 0.15) is 11.4 Å². The van der Waals surface area contributed by atoms with E-state index >= 15 is 0 Å². The lowest BCUT2D eigenvalue weighted by molar-refractivity contribution is 1.03. The van der Waals surface area contributed by atoms with Crippen molar-refractivity contribution in [1.82, 2.24) is 9.97 Å². The molecule has 0 aliphatic heterocycles. The second-order valence-electron chi connectivity index (χ2n) is 2.95. The van der Waals surface area contributed by atoms with Crippen LogP contribution in [0.2, 0.25) is 10.0 Å². The predicted octanol–water partition coefficient (Wildman–Crippen LogP) is 3.31. The van der Waals surface area contributed by atoms with Gasteiger partial charge in [0.2, 0.25) is 0 Å². The lowest BCUT2D eigenvalue weighted by atomic mass is 10.1. The Bertz CT molecular complexity index is 424. The van der Waals surface area contributed by atoms with Crippen LogP contribution in [0.15, 0.2) is 30.6 Å². The Morgan fingerprint density at radius 2 is 2.14 bits per heavy atom. The van der Waals surface area contributed by atoms with Crippen LogP contribution in [-0.2, 0) is 6.42 Å². The van der Waals surface area contributed by atoms with E-state index in [0.717, 1.165) is 11.4 Å². The van der Waals surface area contributed by atoms with Gasteiger partial charge in [-0.25, -0.2) is 4.98 Å². The molecule has 1 heterocycles. The maximum absolute atomic E-state index is 6.02. The fourth-order valence-electron chi connectivity index (χ4n) is 1.24. The van der Waals surface area contributed by atoms with Crippen LogP contribution >= 0.6 is 23.2 Å². The van der Waals surface area contributed by atoms with Gasteiger partial charge in [0.1, 0.15) is 5.82 Å². The SMILES string of the molecule is Clc1ccc(Cc2ncc[nH]2)c(Cl)c1. The molecule has 2 aromatic rings. The van der Waals surface area contributed by atoms with Crippen molar-refractivity contribution in [2.45, 2.75) is 6.42 Å². The first kappa shape index (κ1) is 9.56. The second kappa shape index (κ2) is 4.03. The molecule has 0 atom stereocenters. The van der Waals surface area contributed by atoms with Crippen LogP contribution in [0.25, 0.3) is 0 Å². The zero-order valence-electron chi connectivity index (χ0n) is 7.30. The Balaban J connectivity index is 2.25. The summed E-state index contributed by atoms with van der Waals surface area (Å²) in [4.78, 5) is 7.15. The van der Waals surface area contributed by atoms with E-state index in [9.17, 15) is 0 Å². The summed E-state index contributed by atoms with van der Waals surface area (Å²) in [6.07, 6.45) is 4.21. The maximum Gasteiger partial charge on any atom is 0.110 e. The minimum atomic E-state index is 0.651. The zero-order valence-corrected chi connectivity index (χ0v) is 8.81. The van der Waals surface area contributed by atoms with Gasteiger partial charge in [0, 0.05) is 28.9 Å². The van der Waals surface area contributed by atoms with E-state index in [-0.39, 0.29) is 0 Å². The number of nitrogens with one attached hydrogen (secondary N) is 1. The van der Waals surface area contributed by atoms with Crippen LogP contribution in [-0.4, -0.2) is 9.97 Å². The maximum atomic E-state index is 6.02. The van der Waals surface area contributed by atoms with E-state index in [4.69, 9.17) is 23.2 Å². The van der Waals surface area contributed by atoms with Gasteiger partial charge in [0.25, 0.3) is 0 Å². The summed E-state index contributed by atoms with van der Waals surface area (Å²) >= 11 is 11.8. The largest absolute Gasteiger partial charge is 0.348 e. The molecule has 14 heavy (non-hydrogen) atoms. The summed E-state index contributed by atoms with van der Waals surface area (Å²) in [7, 11) is 0. The number of benzene rings is 1. The van der Waals surface area contributed by atoms with Crippen LogP contribution in [0, 0.1) is 0 Å². The molecule has 0 aliphatic carbocycles. The molecule has 4 heteroatoms. The highest BCUT2D eigenvalue weighted by Gasteiger charge is 2.03. The van der Waals surface area contributed by atoms with E-state index in [1.54, 1.807) is 18.5 Å². The van der Waals surface area contributed by atoms with Gasteiger partial charge in [0.15, 0.2) is 0 Å². The van der Waals surface area contributed by atoms with E-state index in [1.165, 1.54) is 0 Å². The molecule has 2 nitrogen and oxygen atoms in total. The summed E-state index contributed by atoms with van der Waals surface area (Å²) in [6, 6.07) is 5.47. The number of halogens is 2. The number of aromatic amines is 1. The summed E-state index contributed by atoms with van der Waals surface area (Å²) in [5, 5.41) is 1.33. The highest BCUT2D eigenvalue weighted by atomic mass is 35.5. The summed E-state index contributed by atoms with van der Waals surface area (Å²) in [5.41, 5.74) is 1.02. The highest BCUT2D eigenvalue weighted by molar-refractivity contribution is 6.35. The first-order chi connectivity index (χ1) is 6.75. The van der Waals surface area contributed by atoms with Gasteiger partial charge in [-0.05, 0) is 17.7 Å². The van der Waals surface area contributed by atoms with Gasteiger partial charge in [0.05, 0.1) is 0 Å². The number of rotatable bonds is 2. The summed E-state index contributed by atoms with van der Waals surface area (Å²) < 4.78 is 0. The van der Waals surface area contributed by atoms with Crippen molar-refractivity contribution in [3.8, 4) is 0 Å². The average molecular weight is 227 g/mol. The van der Waals surface area contributed by atoms with Crippen molar-refractivity contribution in [1.29, 1.82) is 0 Å². The van der Waals surface area contributed by atoms with Gasteiger partial charge in [-0.1, -0.05) is 29.3 Å². The Morgan fingerprint density at radius 1 is 1.29 bits per heavy atom. The number of hydrogen-bond acceptors (Lipinski definition) is 1. The molecule has 0 amide bonds. The van der Waals surface area contributed by atoms with Crippen molar-refractivity contribution >= 4 is 23.2 Å². The molecule has 0 radical (unpaired) electrons. The summed E-state index contributed by atoms with van der Waals surface area (Å²) in [6.45, 7) is 0. The molecular weight excluding hydrogens is 219 g/mol. The van der Waals surface area contributed by atoms with E-state index < -0.39 is 0 Å². The molecule has 0 saturated heterocycles. The van der Waals surface area contributed by atoms with E-state index in [2.05, 4.69) is 9.97 Å². The van der Waals surface area contributed by atoms with Crippen LogP contribution in [0.5, 0.6) is 0 Å². The van der Waals surface area contributed by atoms with Gasteiger partial charge in [-0.3, -0.25) is 0 Å². The molecule has 0 spiro atoms. The first-order valence-corrected chi connectivity index (χ1v) is 4.93. The average Bonchev–Trinajstić information content (AvgIpc) is 2.62. The monoisotopic (exact) mass is 226 g/mol.